The van der Waals surface area contributed by atoms with Crippen LogP contribution in [0.25, 0.3) is 0 Å². The molecule has 2 amide bonds. The molecule has 0 aromatic carbocycles. The second kappa shape index (κ2) is 8.07. The highest BCUT2D eigenvalue weighted by Crippen LogP contribution is 2.13. The second-order valence-corrected chi connectivity index (χ2v) is 4.02. The summed E-state index contributed by atoms with van der Waals surface area (Å²) in [5.41, 5.74) is 0. The monoisotopic (exact) mass is 298 g/mol. The highest BCUT2D eigenvalue weighted by molar-refractivity contribution is 5.88. The van der Waals surface area contributed by atoms with Gasteiger partial charge < -0.3 is 9.47 Å². The lowest BCUT2D eigenvalue weighted by molar-refractivity contribution is -0.115. The molecule has 10 nitrogen and oxygen atoms in total. The van der Waals surface area contributed by atoms with Gasteiger partial charge in [0.2, 0.25) is 29.7 Å². The predicted molar refractivity (Wildman–Crippen MR) is 74.7 cm³/mol. The van der Waals surface area contributed by atoms with E-state index in [0.717, 1.165) is 0 Å². The molecular formula is C11H18N6O4. The van der Waals surface area contributed by atoms with Crippen LogP contribution in [0.15, 0.2) is 0 Å². The summed E-state index contributed by atoms with van der Waals surface area (Å²) in [5, 5.41) is 4.87. The maximum Gasteiger partial charge on any atom is 0.236 e. The minimum Gasteiger partial charge on any atom is -0.364 e. The van der Waals surface area contributed by atoms with E-state index in [0.29, 0.717) is 0 Å². The van der Waals surface area contributed by atoms with Crippen LogP contribution >= 0.6 is 0 Å². The van der Waals surface area contributed by atoms with E-state index in [1.807, 2.05) is 0 Å². The number of nitrogens with one attached hydrogen (secondary N) is 2. The van der Waals surface area contributed by atoms with Crippen LogP contribution in [0, 0.1) is 0 Å². The Labute approximate surface area is 121 Å². The number of methoxy groups -OCH3 is 2. The molecule has 0 radical (unpaired) electrons. The minimum absolute atomic E-state index is 0.0217. The number of carbonyl (C=O) groups is 2. The van der Waals surface area contributed by atoms with Crippen molar-refractivity contribution in [3.05, 3.63) is 0 Å². The molecule has 116 valence electrons. The zero-order valence-corrected chi connectivity index (χ0v) is 12.3. The maximum atomic E-state index is 11.1. The summed E-state index contributed by atoms with van der Waals surface area (Å²) >= 11 is 0. The van der Waals surface area contributed by atoms with Crippen LogP contribution in [-0.2, 0) is 19.1 Å². The molecule has 0 atom stereocenters. The third kappa shape index (κ3) is 5.67. The highest BCUT2D eigenvalue weighted by Gasteiger charge is 2.14. The Balaban J connectivity index is 3.14. The van der Waals surface area contributed by atoms with Gasteiger partial charge in [-0.1, -0.05) is 0 Å². The van der Waals surface area contributed by atoms with Crippen molar-refractivity contribution < 1.29 is 19.1 Å². The van der Waals surface area contributed by atoms with Crippen molar-refractivity contribution in [2.45, 2.75) is 13.8 Å². The highest BCUT2D eigenvalue weighted by atomic mass is 16.5. The van der Waals surface area contributed by atoms with Gasteiger partial charge in [-0.15, -0.1) is 0 Å². The lowest BCUT2D eigenvalue weighted by Gasteiger charge is -2.21. The van der Waals surface area contributed by atoms with E-state index in [1.165, 1.54) is 28.1 Å². The quantitative estimate of drug-likeness (QED) is 0.664. The number of amides is 2. The van der Waals surface area contributed by atoms with E-state index in [4.69, 9.17) is 9.47 Å². The van der Waals surface area contributed by atoms with Gasteiger partial charge in [-0.05, 0) is 0 Å². The van der Waals surface area contributed by atoms with Crippen LogP contribution in [0.3, 0.4) is 0 Å². The summed E-state index contributed by atoms with van der Waals surface area (Å²) in [4.78, 5) is 35.9. The van der Waals surface area contributed by atoms with Gasteiger partial charge >= 0.3 is 0 Å². The SMILES string of the molecule is COCN(COC)c1nc(NC(C)=O)nc(NC(C)=O)n1. The fourth-order valence-electron chi connectivity index (χ4n) is 1.40. The Kier molecular flexibility index (Phi) is 6.43. The largest absolute Gasteiger partial charge is 0.364 e. The third-order valence-electron chi connectivity index (χ3n) is 2.05. The van der Waals surface area contributed by atoms with Gasteiger partial charge in [0.1, 0.15) is 13.5 Å². The van der Waals surface area contributed by atoms with Crippen molar-refractivity contribution in [3.63, 3.8) is 0 Å². The number of rotatable bonds is 7. The van der Waals surface area contributed by atoms with Crippen LogP contribution in [0.5, 0.6) is 0 Å². The fourth-order valence-corrected chi connectivity index (χ4v) is 1.40. The molecule has 0 unspecified atom stereocenters. The van der Waals surface area contributed by atoms with Crippen molar-refractivity contribution in [2.75, 3.05) is 43.2 Å². The van der Waals surface area contributed by atoms with Crippen LogP contribution in [-0.4, -0.2) is 54.4 Å². The lowest BCUT2D eigenvalue weighted by atomic mass is 10.6. The molecule has 0 saturated heterocycles. The first-order valence-electron chi connectivity index (χ1n) is 6.00. The first-order chi connectivity index (χ1) is 9.96. The van der Waals surface area contributed by atoms with Crippen molar-refractivity contribution in [3.8, 4) is 0 Å². The van der Waals surface area contributed by atoms with E-state index >= 15 is 0 Å². The Bertz CT molecular complexity index is 469. The standard InChI is InChI=1S/C11H18N6O4/c1-7(18)12-9-14-10(13-8(2)19)16-11(15-9)17(5-20-3)6-21-4/h5-6H2,1-4H3,(H2,12,13,14,15,16,18,19). The molecule has 2 N–H and O–H groups in total. The third-order valence-corrected chi connectivity index (χ3v) is 2.05. The van der Waals surface area contributed by atoms with E-state index < -0.39 is 0 Å². The Hall–Kier alpha value is -2.33. The molecule has 21 heavy (non-hydrogen) atoms. The number of carbonyl (C=O) groups excluding carboxylic acids is 2. The lowest BCUT2D eigenvalue weighted by Crippen LogP contribution is -2.30. The average Bonchev–Trinajstić information content (AvgIpc) is 2.36. The van der Waals surface area contributed by atoms with Crippen LogP contribution < -0.4 is 15.5 Å². The minimum atomic E-state index is -0.342. The molecule has 10 heteroatoms. The Morgan fingerprint density at radius 2 is 1.38 bits per heavy atom. The zero-order valence-electron chi connectivity index (χ0n) is 12.3. The predicted octanol–water partition coefficient (Wildman–Crippen LogP) is -0.197. The zero-order chi connectivity index (χ0) is 15.8. The number of nitrogens with zero attached hydrogens (tertiary/aromatic N) is 4. The van der Waals surface area contributed by atoms with Crippen molar-refractivity contribution in [1.82, 2.24) is 15.0 Å². The normalized spacial score (nSPS) is 10.1. The second-order valence-electron chi connectivity index (χ2n) is 4.02. The van der Waals surface area contributed by atoms with E-state index in [1.54, 1.807) is 4.90 Å². The molecular weight excluding hydrogens is 280 g/mol. The van der Waals surface area contributed by atoms with Gasteiger partial charge in [0.15, 0.2) is 0 Å². The molecule has 0 saturated carbocycles. The molecule has 0 spiro atoms. The molecule has 0 aliphatic rings. The Morgan fingerprint density at radius 1 is 0.952 bits per heavy atom. The first kappa shape index (κ1) is 16.7. The van der Waals surface area contributed by atoms with Crippen molar-refractivity contribution in [2.24, 2.45) is 0 Å². The van der Waals surface area contributed by atoms with Crippen molar-refractivity contribution >= 4 is 29.7 Å². The molecule has 1 aromatic heterocycles. The summed E-state index contributed by atoms with van der Waals surface area (Å²) in [6.45, 7) is 2.97. The maximum absolute atomic E-state index is 11.1. The summed E-state index contributed by atoms with van der Waals surface area (Å²) in [6.07, 6.45) is 0. The summed E-state index contributed by atoms with van der Waals surface area (Å²) in [5.74, 6) is -0.444. The van der Waals surface area contributed by atoms with Crippen LogP contribution in [0.1, 0.15) is 13.8 Å². The molecule has 0 aliphatic carbocycles. The molecule has 0 aliphatic heterocycles. The van der Waals surface area contributed by atoms with Gasteiger partial charge in [0.25, 0.3) is 0 Å². The van der Waals surface area contributed by atoms with E-state index in [2.05, 4.69) is 25.6 Å². The number of aromatic nitrogens is 3. The molecule has 0 fully saturated rings. The van der Waals surface area contributed by atoms with E-state index in [-0.39, 0.29) is 43.1 Å². The number of hydrogen-bond acceptors (Lipinski definition) is 8. The molecule has 0 bridgehead atoms. The number of anilines is 3. The topological polar surface area (TPSA) is 119 Å². The summed E-state index contributed by atoms with van der Waals surface area (Å²) in [7, 11) is 3.01. The average molecular weight is 298 g/mol. The van der Waals surface area contributed by atoms with Gasteiger partial charge in [0.05, 0.1) is 0 Å². The summed E-state index contributed by atoms with van der Waals surface area (Å²) < 4.78 is 10.0. The first-order valence-corrected chi connectivity index (χ1v) is 6.00. The molecule has 1 rings (SSSR count). The number of hydrogen-bond donors (Lipinski definition) is 2. The molecule has 1 heterocycles. The van der Waals surface area contributed by atoms with Gasteiger partial charge in [-0.2, -0.15) is 15.0 Å². The van der Waals surface area contributed by atoms with Gasteiger partial charge in [-0.3, -0.25) is 25.1 Å². The van der Waals surface area contributed by atoms with Crippen molar-refractivity contribution in [1.29, 1.82) is 0 Å². The summed E-state index contributed by atoms with van der Waals surface area (Å²) in [6, 6.07) is 0. The smallest absolute Gasteiger partial charge is 0.236 e. The fraction of sp³-hybridized carbons (Fsp3) is 0.545. The molecule has 1 aromatic rings. The van der Waals surface area contributed by atoms with Gasteiger partial charge in [-0.25, -0.2) is 0 Å². The van der Waals surface area contributed by atoms with Gasteiger partial charge in [0, 0.05) is 28.1 Å². The Morgan fingerprint density at radius 3 is 1.71 bits per heavy atom. The van der Waals surface area contributed by atoms with Crippen LogP contribution in [0.4, 0.5) is 17.8 Å². The number of ether oxygens (including phenoxy) is 2. The van der Waals surface area contributed by atoms with Crippen LogP contribution in [0.2, 0.25) is 0 Å². The van der Waals surface area contributed by atoms with E-state index in [9.17, 15) is 9.59 Å².